The molecule has 2 amide bonds. The molecule has 0 unspecified atom stereocenters. The molecule has 0 aliphatic rings. The summed E-state index contributed by atoms with van der Waals surface area (Å²) < 4.78 is 0. The maximum Gasteiger partial charge on any atom is 0.272 e. The molecule has 126 valence electrons. The first-order chi connectivity index (χ1) is 12.1. The van der Waals surface area contributed by atoms with E-state index in [1.54, 1.807) is 55.6 Å². The van der Waals surface area contributed by atoms with Crippen LogP contribution in [0, 0.1) is 0 Å². The molecular weight excluding hydrogens is 320 g/mol. The van der Waals surface area contributed by atoms with Gasteiger partial charge < -0.3 is 10.6 Å². The molecule has 0 atom stereocenters. The van der Waals surface area contributed by atoms with Gasteiger partial charge >= 0.3 is 0 Å². The Labute approximate surface area is 143 Å². The van der Waals surface area contributed by atoms with Crippen molar-refractivity contribution in [2.24, 2.45) is 0 Å². The molecule has 3 N–H and O–H groups in total. The van der Waals surface area contributed by atoms with Crippen LogP contribution in [0.1, 0.15) is 26.4 Å². The lowest BCUT2D eigenvalue weighted by molar-refractivity contribution is 0.0942. The average molecular weight is 336 g/mol. The average Bonchev–Trinajstić information content (AvgIpc) is 2.66. The molecule has 0 saturated heterocycles. The first-order valence-electron chi connectivity index (χ1n) is 7.67. The molecule has 1 heterocycles. The van der Waals surface area contributed by atoms with E-state index in [9.17, 15) is 14.4 Å². The zero-order valence-corrected chi connectivity index (χ0v) is 13.5. The van der Waals surface area contributed by atoms with Crippen LogP contribution in [0.15, 0.2) is 53.3 Å². The number of aromatic amines is 1. The van der Waals surface area contributed by atoms with Crippen molar-refractivity contribution >= 4 is 22.6 Å². The molecule has 0 fully saturated rings. The van der Waals surface area contributed by atoms with Gasteiger partial charge in [0.05, 0.1) is 5.39 Å². The zero-order valence-electron chi connectivity index (χ0n) is 13.5. The molecule has 0 radical (unpaired) electrons. The highest BCUT2D eigenvalue weighted by atomic mass is 16.2. The molecule has 0 aliphatic carbocycles. The number of carbonyl (C=O) groups is 2. The van der Waals surface area contributed by atoms with Crippen molar-refractivity contribution in [2.45, 2.75) is 6.54 Å². The number of benzene rings is 2. The molecule has 7 nitrogen and oxygen atoms in total. The van der Waals surface area contributed by atoms with Gasteiger partial charge in [0.1, 0.15) is 0 Å². The van der Waals surface area contributed by atoms with E-state index in [-0.39, 0.29) is 29.6 Å². The van der Waals surface area contributed by atoms with Crippen molar-refractivity contribution in [1.82, 2.24) is 20.8 Å². The second kappa shape index (κ2) is 6.96. The molecule has 7 heteroatoms. The van der Waals surface area contributed by atoms with Gasteiger partial charge in [-0.1, -0.05) is 30.3 Å². The Kier molecular flexibility index (Phi) is 4.56. The number of nitrogens with zero attached hydrogens (tertiary/aromatic N) is 1. The molecule has 3 rings (SSSR count). The monoisotopic (exact) mass is 336 g/mol. The Morgan fingerprint density at radius 2 is 1.68 bits per heavy atom. The summed E-state index contributed by atoms with van der Waals surface area (Å²) in [6.45, 7) is 0.280. The second-order valence-corrected chi connectivity index (χ2v) is 5.41. The highest BCUT2D eigenvalue weighted by Crippen LogP contribution is 2.12. The standard InChI is InChI=1S/C18H16N4O3/c1-19-16(23)12-8-6-11(7-9-12)10-20-18(25)15-13-4-2-3-5-14(13)17(24)22-21-15/h2-9H,10H2,1H3,(H,19,23)(H,20,25)(H,22,24). The Balaban J connectivity index is 1.76. The number of hydrogen-bond acceptors (Lipinski definition) is 4. The van der Waals surface area contributed by atoms with E-state index in [4.69, 9.17) is 0 Å². The van der Waals surface area contributed by atoms with Crippen LogP contribution in [-0.4, -0.2) is 29.1 Å². The molecule has 3 aromatic rings. The lowest BCUT2D eigenvalue weighted by Crippen LogP contribution is -2.26. The van der Waals surface area contributed by atoms with Crippen LogP contribution < -0.4 is 16.2 Å². The molecule has 25 heavy (non-hydrogen) atoms. The zero-order chi connectivity index (χ0) is 17.8. The van der Waals surface area contributed by atoms with Gasteiger partial charge in [0.25, 0.3) is 17.4 Å². The van der Waals surface area contributed by atoms with Crippen molar-refractivity contribution < 1.29 is 9.59 Å². The number of carbonyl (C=O) groups excluding carboxylic acids is 2. The summed E-state index contributed by atoms with van der Waals surface area (Å²) in [6.07, 6.45) is 0. The quantitative estimate of drug-likeness (QED) is 0.666. The Bertz CT molecular complexity index is 993. The minimum atomic E-state index is -0.386. The molecule has 2 aromatic carbocycles. The summed E-state index contributed by atoms with van der Waals surface area (Å²) in [5.74, 6) is -0.553. The summed E-state index contributed by atoms with van der Waals surface area (Å²) in [4.78, 5) is 35.7. The second-order valence-electron chi connectivity index (χ2n) is 5.41. The number of H-pyrrole nitrogens is 1. The number of nitrogens with one attached hydrogen (secondary N) is 3. The first kappa shape index (κ1) is 16.4. The van der Waals surface area contributed by atoms with Gasteiger partial charge in [-0.15, -0.1) is 0 Å². The molecule has 0 bridgehead atoms. The smallest absolute Gasteiger partial charge is 0.272 e. The van der Waals surface area contributed by atoms with Crippen molar-refractivity contribution in [3.8, 4) is 0 Å². The van der Waals surface area contributed by atoms with Gasteiger partial charge in [-0.2, -0.15) is 5.10 Å². The van der Waals surface area contributed by atoms with E-state index in [0.29, 0.717) is 16.3 Å². The van der Waals surface area contributed by atoms with E-state index < -0.39 is 0 Å². The highest BCUT2D eigenvalue weighted by molar-refractivity contribution is 6.04. The van der Waals surface area contributed by atoms with Crippen molar-refractivity contribution in [2.75, 3.05) is 7.05 Å². The summed E-state index contributed by atoms with van der Waals surface area (Å²) in [7, 11) is 1.57. The predicted molar refractivity (Wildman–Crippen MR) is 93.4 cm³/mol. The summed E-state index contributed by atoms with van der Waals surface area (Å²) in [5, 5.41) is 12.4. The van der Waals surface area contributed by atoms with Gasteiger partial charge in [0, 0.05) is 24.5 Å². The number of aromatic nitrogens is 2. The first-order valence-corrected chi connectivity index (χ1v) is 7.67. The van der Waals surface area contributed by atoms with Crippen molar-refractivity contribution in [1.29, 1.82) is 0 Å². The fourth-order valence-electron chi connectivity index (χ4n) is 2.47. The minimum absolute atomic E-state index is 0.164. The van der Waals surface area contributed by atoms with E-state index in [0.717, 1.165) is 5.56 Å². The lowest BCUT2D eigenvalue weighted by Gasteiger charge is -2.07. The maximum atomic E-state index is 12.4. The summed E-state index contributed by atoms with van der Waals surface area (Å²) in [6, 6.07) is 13.7. The van der Waals surface area contributed by atoms with Gasteiger partial charge in [-0.25, -0.2) is 5.10 Å². The molecule has 0 spiro atoms. The third kappa shape index (κ3) is 3.40. The number of rotatable bonds is 4. The molecule has 0 saturated carbocycles. The Morgan fingerprint density at radius 3 is 2.36 bits per heavy atom. The van der Waals surface area contributed by atoms with Gasteiger partial charge in [0.2, 0.25) is 0 Å². The number of amides is 2. The highest BCUT2D eigenvalue weighted by Gasteiger charge is 2.13. The van der Waals surface area contributed by atoms with Crippen LogP contribution in [0.25, 0.3) is 10.8 Å². The molecular formula is C18H16N4O3. The lowest BCUT2D eigenvalue weighted by atomic mass is 10.1. The van der Waals surface area contributed by atoms with E-state index in [1.165, 1.54) is 0 Å². The molecule has 0 aliphatic heterocycles. The summed E-state index contributed by atoms with van der Waals surface area (Å²) >= 11 is 0. The fraction of sp³-hybridized carbons (Fsp3) is 0.111. The van der Waals surface area contributed by atoms with Crippen LogP contribution in [-0.2, 0) is 6.54 Å². The Hall–Kier alpha value is -3.48. The van der Waals surface area contributed by atoms with Gasteiger partial charge in [-0.3, -0.25) is 14.4 Å². The van der Waals surface area contributed by atoms with Crippen molar-refractivity contribution in [3.05, 3.63) is 75.7 Å². The van der Waals surface area contributed by atoms with Gasteiger partial charge in [0.15, 0.2) is 5.69 Å². The van der Waals surface area contributed by atoms with Crippen LogP contribution in [0.2, 0.25) is 0 Å². The minimum Gasteiger partial charge on any atom is -0.355 e. The fourth-order valence-corrected chi connectivity index (χ4v) is 2.47. The summed E-state index contributed by atoms with van der Waals surface area (Å²) in [5.41, 5.74) is 1.22. The maximum absolute atomic E-state index is 12.4. The van der Waals surface area contributed by atoms with E-state index >= 15 is 0 Å². The third-order valence-corrected chi connectivity index (χ3v) is 3.81. The SMILES string of the molecule is CNC(=O)c1ccc(CNC(=O)c2n[nH]c(=O)c3ccccc23)cc1. The van der Waals surface area contributed by atoms with Crippen LogP contribution in [0.5, 0.6) is 0 Å². The predicted octanol–water partition coefficient (Wildman–Crippen LogP) is 1.21. The van der Waals surface area contributed by atoms with Gasteiger partial charge in [-0.05, 0) is 23.8 Å². The third-order valence-electron chi connectivity index (χ3n) is 3.81. The topological polar surface area (TPSA) is 104 Å². The number of hydrogen-bond donors (Lipinski definition) is 3. The normalized spacial score (nSPS) is 10.4. The van der Waals surface area contributed by atoms with E-state index in [1.807, 2.05) is 0 Å². The Morgan fingerprint density at radius 1 is 1.00 bits per heavy atom. The molecule has 1 aromatic heterocycles. The van der Waals surface area contributed by atoms with Crippen LogP contribution in [0.3, 0.4) is 0 Å². The number of fused-ring (bicyclic) bond motifs is 1. The largest absolute Gasteiger partial charge is 0.355 e. The van der Waals surface area contributed by atoms with Crippen molar-refractivity contribution in [3.63, 3.8) is 0 Å². The van der Waals surface area contributed by atoms with E-state index in [2.05, 4.69) is 20.8 Å². The van der Waals surface area contributed by atoms with Crippen LogP contribution >= 0.6 is 0 Å². The van der Waals surface area contributed by atoms with Crippen LogP contribution in [0.4, 0.5) is 0 Å².